The van der Waals surface area contributed by atoms with Gasteiger partial charge in [0.05, 0.1) is 0 Å². The number of rotatable bonds is 7. The van der Waals surface area contributed by atoms with Gasteiger partial charge in [-0.15, -0.1) is 0 Å². The zero-order chi connectivity index (χ0) is 20.1. The molecule has 2 N–H and O–H groups in total. The molecule has 4 rings (SSSR count). The molecule has 1 aliphatic heterocycles. The summed E-state index contributed by atoms with van der Waals surface area (Å²) >= 11 is 0. The van der Waals surface area contributed by atoms with Crippen LogP contribution in [0.3, 0.4) is 0 Å². The van der Waals surface area contributed by atoms with Crippen molar-refractivity contribution in [3.05, 3.63) is 71.7 Å². The summed E-state index contributed by atoms with van der Waals surface area (Å²) in [6, 6.07) is 17.4. The van der Waals surface area contributed by atoms with E-state index < -0.39 is 0 Å². The van der Waals surface area contributed by atoms with Gasteiger partial charge in [-0.1, -0.05) is 30.3 Å². The van der Waals surface area contributed by atoms with E-state index in [0.29, 0.717) is 35.4 Å². The van der Waals surface area contributed by atoms with E-state index in [0.717, 1.165) is 18.5 Å². The molecule has 2 aromatic carbocycles. The second-order valence-corrected chi connectivity index (χ2v) is 6.72. The molecule has 0 radical (unpaired) electrons. The maximum absolute atomic E-state index is 12.5. The Hall–Kier alpha value is -3.61. The van der Waals surface area contributed by atoms with Crippen LogP contribution in [0.1, 0.15) is 28.3 Å². The molecule has 0 aliphatic carbocycles. The van der Waals surface area contributed by atoms with Crippen LogP contribution in [-0.2, 0) is 6.42 Å². The number of ether oxygens (including phenoxy) is 2. The van der Waals surface area contributed by atoms with E-state index in [4.69, 9.17) is 9.47 Å². The van der Waals surface area contributed by atoms with E-state index in [1.165, 1.54) is 5.56 Å². The number of benzene rings is 2. The molecule has 1 amide bonds. The van der Waals surface area contributed by atoms with Crippen LogP contribution < -0.4 is 20.1 Å². The number of amides is 1. The predicted molar refractivity (Wildman–Crippen MR) is 110 cm³/mol. The summed E-state index contributed by atoms with van der Waals surface area (Å²) in [4.78, 5) is 21.1. The molecule has 0 spiro atoms. The van der Waals surface area contributed by atoms with Crippen molar-refractivity contribution in [1.82, 2.24) is 15.3 Å². The fraction of sp³-hybridized carbons (Fsp3) is 0.227. The lowest BCUT2D eigenvalue weighted by Crippen LogP contribution is -2.26. The van der Waals surface area contributed by atoms with E-state index in [1.54, 1.807) is 13.0 Å². The summed E-state index contributed by atoms with van der Waals surface area (Å²) in [5.41, 5.74) is 2.39. The summed E-state index contributed by atoms with van der Waals surface area (Å²) < 4.78 is 10.7. The van der Waals surface area contributed by atoms with Crippen molar-refractivity contribution in [3.8, 4) is 11.5 Å². The molecule has 7 nitrogen and oxygen atoms in total. The molecule has 0 bridgehead atoms. The highest BCUT2D eigenvalue weighted by molar-refractivity contribution is 5.93. The van der Waals surface area contributed by atoms with Gasteiger partial charge < -0.3 is 20.1 Å². The minimum Gasteiger partial charge on any atom is -0.454 e. The number of anilines is 2. The quantitative estimate of drug-likeness (QED) is 0.600. The van der Waals surface area contributed by atoms with Crippen molar-refractivity contribution < 1.29 is 14.3 Å². The highest BCUT2D eigenvalue weighted by Crippen LogP contribution is 2.34. The Morgan fingerprint density at radius 1 is 1.03 bits per heavy atom. The van der Waals surface area contributed by atoms with Gasteiger partial charge in [-0.2, -0.15) is 0 Å². The molecule has 2 heterocycles. The minimum absolute atomic E-state index is 0.211. The van der Waals surface area contributed by atoms with Gasteiger partial charge in [-0.25, -0.2) is 9.97 Å². The fourth-order valence-corrected chi connectivity index (χ4v) is 3.10. The van der Waals surface area contributed by atoms with Crippen LogP contribution in [0, 0.1) is 6.92 Å². The Morgan fingerprint density at radius 2 is 1.86 bits per heavy atom. The molecular weight excluding hydrogens is 368 g/mol. The second-order valence-electron chi connectivity index (χ2n) is 6.72. The molecule has 1 aromatic heterocycles. The SMILES string of the molecule is Cc1nc(Nc2ccc3c(c2)OCO3)cc(C(=O)NCCCc2ccccc2)n1. The van der Waals surface area contributed by atoms with Crippen LogP contribution in [0.25, 0.3) is 0 Å². The molecule has 0 saturated carbocycles. The average Bonchev–Trinajstić information content (AvgIpc) is 3.19. The van der Waals surface area contributed by atoms with Crippen LogP contribution in [0.4, 0.5) is 11.5 Å². The summed E-state index contributed by atoms with van der Waals surface area (Å²) in [7, 11) is 0. The van der Waals surface area contributed by atoms with E-state index >= 15 is 0 Å². The lowest BCUT2D eigenvalue weighted by atomic mass is 10.1. The molecule has 3 aromatic rings. The summed E-state index contributed by atoms with van der Waals surface area (Å²) in [5.74, 6) is 2.25. The molecule has 0 fully saturated rings. The number of aromatic nitrogens is 2. The number of nitrogens with one attached hydrogen (secondary N) is 2. The number of aryl methyl sites for hydroxylation is 2. The van der Waals surface area contributed by atoms with Gasteiger partial charge >= 0.3 is 0 Å². The largest absolute Gasteiger partial charge is 0.454 e. The number of fused-ring (bicyclic) bond motifs is 1. The first kappa shape index (κ1) is 18.7. The number of carbonyl (C=O) groups is 1. The first-order chi connectivity index (χ1) is 14.2. The molecular formula is C22H22N4O3. The van der Waals surface area contributed by atoms with Crippen molar-refractivity contribution in [2.45, 2.75) is 19.8 Å². The van der Waals surface area contributed by atoms with E-state index in [-0.39, 0.29) is 12.7 Å². The first-order valence-corrected chi connectivity index (χ1v) is 9.52. The summed E-state index contributed by atoms with van der Waals surface area (Å²) in [6.07, 6.45) is 1.78. The molecule has 0 atom stereocenters. The standard InChI is InChI=1S/C22H22N4O3/c1-15-24-18(22(27)23-11-5-8-16-6-3-2-4-7-16)13-21(25-15)26-17-9-10-19-20(12-17)29-14-28-19/h2-4,6-7,9-10,12-13H,5,8,11,14H2,1H3,(H,23,27)(H,24,25,26). The number of carbonyl (C=O) groups excluding carboxylic acids is 1. The van der Waals surface area contributed by atoms with Crippen molar-refractivity contribution in [3.63, 3.8) is 0 Å². The second kappa shape index (κ2) is 8.60. The highest BCUT2D eigenvalue weighted by atomic mass is 16.7. The van der Waals surface area contributed by atoms with Crippen LogP contribution in [0.15, 0.2) is 54.6 Å². The molecule has 7 heteroatoms. The lowest BCUT2D eigenvalue weighted by molar-refractivity contribution is 0.0948. The van der Waals surface area contributed by atoms with Crippen LogP contribution in [0.5, 0.6) is 11.5 Å². The van der Waals surface area contributed by atoms with Gasteiger partial charge in [0.1, 0.15) is 17.3 Å². The summed E-state index contributed by atoms with van der Waals surface area (Å²) in [6.45, 7) is 2.57. The van der Waals surface area contributed by atoms with Crippen molar-refractivity contribution >= 4 is 17.4 Å². The Morgan fingerprint density at radius 3 is 2.72 bits per heavy atom. The third-order valence-corrected chi connectivity index (χ3v) is 4.49. The van der Waals surface area contributed by atoms with Crippen molar-refractivity contribution in [2.75, 3.05) is 18.7 Å². The highest BCUT2D eigenvalue weighted by Gasteiger charge is 2.14. The van der Waals surface area contributed by atoms with Gasteiger partial charge in [0.2, 0.25) is 6.79 Å². The van der Waals surface area contributed by atoms with Gasteiger partial charge in [-0.05, 0) is 37.5 Å². The van der Waals surface area contributed by atoms with Gasteiger partial charge in [-0.3, -0.25) is 4.79 Å². The van der Waals surface area contributed by atoms with Gasteiger partial charge in [0.25, 0.3) is 5.91 Å². The normalized spacial score (nSPS) is 11.9. The Bertz CT molecular complexity index is 1010. The van der Waals surface area contributed by atoms with Crippen molar-refractivity contribution in [2.24, 2.45) is 0 Å². The Balaban J connectivity index is 1.36. The fourth-order valence-electron chi connectivity index (χ4n) is 3.10. The molecule has 0 saturated heterocycles. The zero-order valence-corrected chi connectivity index (χ0v) is 16.1. The third-order valence-electron chi connectivity index (χ3n) is 4.49. The van der Waals surface area contributed by atoms with Crippen molar-refractivity contribution in [1.29, 1.82) is 0 Å². The van der Waals surface area contributed by atoms with Gasteiger partial charge in [0, 0.05) is 24.4 Å². The van der Waals surface area contributed by atoms with Crippen LogP contribution >= 0.6 is 0 Å². The maximum Gasteiger partial charge on any atom is 0.270 e. The van der Waals surface area contributed by atoms with E-state index in [1.807, 2.05) is 36.4 Å². The Labute approximate surface area is 169 Å². The smallest absolute Gasteiger partial charge is 0.270 e. The number of hydrogen-bond donors (Lipinski definition) is 2. The van der Waals surface area contributed by atoms with E-state index in [9.17, 15) is 4.79 Å². The monoisotopic (exact) mass is 390 g/mol. The molecule has 29 heavy (non-hydrogen) atoms. The number of hydrogen-bond acceptors (Lipinski definition) is 6. The summed E-state index contributed by atoms with van der Waals surface area (Å²) in [5, 5.41) is 6.12. The van der Waals surface area contributed by atoms with Crippen LogP contribution in [0.2, 0.25) is 0 Å². The lowest BCUT2D eigenvalue weighted by Gasteiger charge is -2.10. The minimum atomic E-state index is -0.211. The molecule has 148 valence electrons. The van der Waals surface area contributed by atoms with E-state index in [2.05, 4.69) is 32.7 Å². The van der Waals surface area contributed by atoms with Gasteiger partial charge in [0.15, 0.2) is 11.5 Å². The Kier molecular flexibility index (Phi) is 5.56. The number of nitrogens with zero attached hydrogens (tertiary/aromatic N) is 2. The zero-order valence-electron chi connectivity index (χ0n) is 16.1. The van der Waals surface area contributed by atoms with Crippen LogP contribution in [-0.4, -0.2) is 29.2 Å². The maximum atomic E-state index is 12.5. The predicted octanol–water partition coefficient (Wildman–Crippen LogP) is 3.62. The molecule has 1 aliphatic rings. The molecule has 0 unspecified atom stereocenters. The topological polar surface area (TPSA) is 85.4 Å². The average molecular weight is 390 g/mol. The third kappa shape index (κ3) is 4.82. The first-order valence-electron chi connectivity index (χ1n) is 9.52.